The smallest absolute Gasteiger partial charge is 0.233 e. The van der Waals surface area contributed by atoms with Crippen molar-refractivity contribution in [2.75, 3.05) is 33.7 Å². The van der Waals surface area contributed by atoms with E-state index in [9.17, 15) is 9.59 Å². The fraction of sp³-hybridized carbons (Fsp3) is 0.750. The summed E-state index contributed by atoms with van der Waals surface area (Å²) < 4.78 is 0. The Bertz CT molecular complexity index is 648. The number of nitrogens with one attached hydrogen (secondary N) is 2. The third kappa shape index (κ3) is 3.94. The molecule has 3 fully saturated rings. The van der Waals surface area contributed by atoms with E-state index in [0.29, 0.717) is 25.1 Å². The fourth-order valence-corrected chi connectivity index (χ4v) is 4.92. The summed E-state index contributed by atoms with van der Waals surface area (Å²) >= 11 is 0. The molecule has 3 aliphatic carbocycles. The number of carbonyl (C=O) groups excluding carboxylic acids is 2. The van der Waals surface area contributed by atoms with Gasteiger partial charge in [0.1, 0.15) is 0 Å². The van der Waals surface area contributed by atoms with Gasteiger partial charge in [-0.2, -0.15) is 0 Å². The second kappa shape index (κ2) is 8.69. The summed E-state index contributed by atoms with van der Waals surface area (Å²) in [5.74, 6) is 1.08. The number of imide groups is 1. The van der Waals surface area contributed by atoms with Gasteiger partial charge in [-0.3, -0.25) is 24.4 Å². The minimum Gasteiger partial charge on any atom is -0.355 e. The number of amides is 2. The highest BCUT2D eigenvalue weighted by molar-refractivity contribution is 14.0. The number of fused-ring (bicyclic) bond motifs is 5. The summed E-state index contributed by atoms with van der Waals surface area (Å²) in [6.45, 7) is 3.95. The summed E-state index contributed by atoms with van der Waals surface area (Å²) in [6.07, 6.45) is 7.83. The number of rotatable bonds is 7. The van der Waals surface area contributed by atoms with Crippen molar-refractivity contribution in [1.29, 1.82) is 0 Å². The molecule has 1 heterocycles. The molecule has 4 aliphatic rings. The molecule has 4 rings (SSSR count). The topological polar surface area (TPSA) is 77.0 Å². The third-order valence-corrected chi connectivity index (χ3v) is 6.80. The van der Waals surface area contributed by atoms with Gasteiger partial charge in [0, 0.05) is 38.8 Å². The lowest BCUT2D eigenvalue weighted by Gasteiger charge is -2.25. The van der Waals surface area contributed by atoms with Crippen molar-refractivity contribution >= 4 is 41.8 Å². The minimum absolute atomic E-state index is 0. The zero-order chi connectivity index (χ0) is 19.1. The van der Waals surface area contributed by atoms with Crippen LogP contribution in [0.5, 0.6) is 0 Å². The zero-order valence-corrected chi connectivity index (χ0v) is 19.3. The minimum atomic E-state index is -0.108. The van der Waals surface area contributed by atoms with Gasteiger partial charge >= 0.3 is 0 Å². The molecule has 0 aromatic rings. The van der Waals surface area contributed by atoms with Crippen LogP contribution in [0.4, 0.5) is 0 Å². The first-order chi connectivity index (χ1) is 13.0. The van der Waals surface area contributed by atoms with E-state index in [4.69, 9.17) is 0 Å². The highest BCUT2D eigenvalue weighted by Gasteiger charge is 2.58. The van der Waals surface area contributed by atoms with Gasteiger partial charge in [0.25, 0.3) is 0 Å². The van der Waals surface area contributed by atoms with E-state index in [1.54, 1.807) is 7.05 Å². The van der Waals surface area contributed by atoms with E-state index in [-0.39, 0.29) is 59.5 Å². The van der Waals surface area contributed by atoms with Crippen LogP contribution in [0.15, 0.2) is 17.1 Å². The fourth-order valence-electron chi connectivity index (χ4n) is 4.92. The van der Waals surface area contributed by atoms with Gasteiger partial charge in [0.15, 0.2) is 5.96 Å². The number of nitrogens with zero attached hydrogens (tertiary/aromatic N) is 3. The van der Waals surface area contributed by atoms with Crippen LogP contribution in [-0.2, 0) is 9.59 Å². The van der Waals surface area contributed by atoms with E-state index in [2.05, 4.69) is 46.6 Å². The molecule has 0 aromatic heterocycles. The first-order valence-corrected chi connectivity index (χ1v) is 10.2. The molecule has 28 heavy (non-hydrogen) atoms. The number of carbonyl (C=O) groups is 2. The molecule has 0 radical (unpaired) electrons. The largest absolute Gasteiger partial charge is 0.355 e. The lowest BCUT2D eigenvalue weighted by Crippen LogP contribution is -2.47. The summed E-state index contributed by atoms with van der Waals surface area (Å²) in [5.41, 5.74) is 0. The Kier molecular flexibility index (Phi) is 6.69. The Morgan fingerprint density at radius 2 is 1.82 bits per heavy atom. The molecule has 5 atom stereocenters. The summed E-state index contributed by atoms with van der Waals surface area (Å²) in [6, 6.07) is 1.16. The molecule has 5 unspecified atom stereocenters. The van der Waals surface area contributed by atoms with Gasteiger partial charge in [-0.25, -0.2) is 0 Å². The Balaban J connectivity index is 0.00000225. The van der Waals surface area contributed by atoms with E-state index in [1.165, 1.54) is 17.7 Å². The van der Waals surface area contributed by atoms with Crippen LogP contribution in [0.1, 0.15) is 26.2 Å². The van der Waals surface area contributed by atoms with Crippen LogP contribution in [0.3, 0.4) is 0 Å². The first-order valence-electron chi connectivity index (χ1n) is 10.2. The molecular formula is C20H32IN5O2. The van der Waals surface area contributed by atoms with Crippen molar-refractivity contribution in [3.05, 3.63) is 12.2 Å². The van der Waals surface area contributed by atoms with Crippen molar-refractivity contribution in [3.63, 3.8) is 0 Å². The summed E-state index contributed by atoms with van der Waals surface area (Å²) in [7, 11) is 3.91. The van der Waals surface area contributed by atoms with Gasteiger partial charge in [-0.1, -0.05) is 12.2 Å². The number of guanidine groups is 1. The normalized spacial score (nSPS) is 32.0. The number of likely N-dealkylation sites (N-methyl/N-ethyl adjacent to an activating group) is 1. The molecule has 7 nitrogen and oxygen atoms in total. The van der Waals surface area contributed by atoms with Crippen LogP contribution < -0.4 is 10.6 Å². The maximum Gasteiger partial charge on any atom is 0.233 e. The predicted molar refractivity (Wildman–Crippen MR) is 119 cm³/mol. The lowest BCUT2D eigenvalue weighted by atomic mass is 9.85. The molecule has 1 saturated heterocycles. The molecule has 2 saturated carbocycles. The van der Waals surface area contributed by atoms with Gasteiger partial charge in [-0.15, -0.1) is 24.0 Å². The number of allylic oxidation sites excluding steroid dienone is 2. The molecule has 1 aliphatic heterocycles. The monoisotopic (exact) mass is 501 g/mol. The first kappa shape index (κ1) is 21.5. The zero-order valence-electron chi connectivity index (χ0n) is 16.9. The van der Waals surface area contributed by atoms with Gasteiger partial charge in [-0.05, 0) is 45.1 Å². The average molecular weight is 501 g/mol. The van der Waals surface area contributed by atoms with Crippen molar-refractivity contribution in [3.8, 4) is 0 Å². The van der Waals surface area contributed by atoms with Crippen LogP contribution in [0.2, 0.25) is 0 Å². The molecule has 0 spiro atoms. The van der Waals surface area contributed by atoms with Crippen LogP contribution in [0, 0.1) is 23.7 Å². The molecule has 2 amide bonds. The molecular weight excluding hydrogens is 469 g/mol. The molecule has 2 bridgehead atoms. The summed E-state index contributed by atoms with van der Waals surface area (Å²) in [5, 5.41) is 6.58. The lowest BCUT2D eigenvalue weighted by molar-refractivity contribution is -0.140. The van der Waals surface area contributed by atoms with E-state index >= 15 is 0 Å². The van der Waals surface area contributed by atoms with Gasteiger partial charge in [0.05, 0.1) is 11.8 Å². The van der Waals surface area contributed by atoms with Crippen LogP contribution >= 0.6 is 24.0 Å². The molecule has 0 aromatic carbocycles. The van der Waals surface area contributed by atoms with Crippen molar-refractivity contribution < 1.29 is 9.59 Å². The molecule has 2 N–H and O–H groups in total. The Morgan fingerprint density at radius 1 is 1.21 bits per heavy atom. The Labute approximate surface area is 184 Å². The highest BCUT2D eigenvalue weighted by atomic mass is 127. The maximum absolute atomic E-state index is 12.7. The van der Waals surface area contributed by atoms with E-state index < -0.39 is 0 Å². The predicted octanol–water partition coefficient (Wildman–Crippen LogP) is 1.06. The maximum atomic E-state index is 12.7. The van der Waals surface area contributed by atoms with Gasteiger partial charge < -0.3 is 10.6 Å². The SMILES string of the molecule is CN=C(NCCN1C(=O)C2C3C=CC(C3)C2C1=O)NCC(C)N(C)C1CC1.I. The number of hydrogen-bond donors (Lipinski definition) is 2. The molecule has 8 heteroatoms. The van der Waals surface area contributed by atoms with E-state index in [1.807, 2.05) is 0 Å². The highest BCUT2D eigenvalue weighted by Crippen LogP contribution is 2.52. The van der Waals surface area contributed by atoms with Crippen LogP contribution in [0.25, 0.3) is 0 Å². The van der Waals surface area contributed by atoms with Gasteiger partial charge in [0.2, 0.25) is 11.8 Å². The molecule has 156 valence electrons. The number of halogens is 1. The number of aliphatic imine (C=N–C) groups is 1. The Hall–Kier alpha value is -1.16. The number of hydrogen-bond acceptors (Lipinski definition) is 4. The number of likely N-dealkylation sites (tertiary alicyclic amines) is 1. The average Bonchev–Trinajstić information content (AvgIpc) is 3.24. The standard InChI is InChI=1S/C20H31N5O2.HI/c1-12(24(3)15-6-7-15)11-23-20(21-2)22-8-9-25-18(26)16-13-4-5-14(10-13)17(16)19(25)27;/h4-5,12-17H,6-11H2,1-3H3,(H2,21,22,23);1H. The van der Waals surface area contributed by atoms with Crippen molar-refractivity contribution in [1.82, 2.24) is 20.4 Å². The summed E-state index contributed by atoms with van der Waals surface area (Å²) in [4.78, 5) is 33.5. The van der Waals surface area contributed by atoms with E-state index in [0.717, 1.165) is 19.0 Å². The van der Waals surface area contributed by atoms with Crippen molar-refractivity contribution in [2.45, 2.75) is 38.3 Å². The Morgan fingerprint density at radius 3 is 2.36 bits per heavy atom. The second-order valence-corrected chi connectivity index (χ2v) is 8.45. The van der Waals surface area contributed by atoms with Crippen molar-refractivity contribution in [2.24, 2.45) is 28.7 Å². The third-order valence-electron chi connectivity index (χ3n) is 6.80. The van der Waals surface area contributed by atoms with Crippen LogP contribution in [-0.4, -0.2) is 73.4 Å². The quantitative estimate of drug-likeness (QED) is 0.180. The second-order valence-electron chi connectivity index (χ2n) is 8.45.